The fourth-order valence-corrected chi connectivity index (χ4v) is 2.21. The van der Waals surface area contributed by atoms with Crippen LogP contribution in [0.2, 0.25) is 5.02 Å². The monoisotopic (exact) mass is 354 g/mol. The summed E-state index contributed by atoms with van der Waals surface area (Å²) in [5.41, 5.74) is 5.04. The first kappa shape index (κ1) is 20.2. The van der Waals surface area contributed by atoms with E-state index in [9.17, 15) is 4.79 Å². The van der Waals surface area contributed by atoms with Crippen LogP contribution in [0.25, 0.3) is 0 Å². The van der Waals surface area contributed by atoms with Crippen LogP contribution in [0.1, 0.15) is 13.8 Å². The highest BCUT2D eigenvalue weighted by Crippen LogP contribution is 2.17. The topological polar surface area (TPSA) is 62.5 Å². The largest absolute Gasteiger partial charge is 0.353 e. The van der Waals surface area contributed by atoms with Gasteiger partial charge >= 0.3 is 0 Å². The molecule has 0 aliphatic carbocycles. The second kappa shape index (κ2) is 8.03. The maximum atomic E-state index is 12.1. The van der Waals surface area contributed by atoms with Gasteiger partial charge in [-0.25, -0.2) is 4.98 Å². The first-order chi connectivity index (χ1) is 8.88. The van der Waals surface area contributed by atoms with E-state index in [-0.39, 0.29) is 30.7 Å². The lowest BCUT2D eigenvalue weighted by atomic mass is 10.0. The van der Waals surface area contributed by atoms with Crippen LogP contribution < -0.4 is 10.6 Å². The minimum atomic E-state index is -0.805. The molecule has 1 aliphatic heterocycles. The molecule has 0 unspecified atom stereocenters. The Hall–Kier alpha value is -0.750. The van der Waals surface area contributed by atoms with Crippen molar-refractivity contribution in [1.29, 1.82) is 0 Å². The number of amides is 1. The predicted octanol–water partition coefficient (Wildman–Crippen LogP) is 1.96. The van der Waals surface area contributed by atoms with E-state index in [4.69, 9.17) is 17.3 Å². The number of hydrogen-bond acceptors (Lipinski definition) is 4. The van der Waals surface area contributed by atoms with Crippen LogP contribution in [0.15, 0.2) is 18.3 Å². The van der Waals surface area contributed by atoms with Gasteiger partial charge in [0.25, 0.3) is 0 Å². The van der Waals surface area contributed by atoms with Crippen molar-refractivity contribution in [2.75, 3.05) is 31.1 Å². The normalized spacial score (nSPS) is 15.0. The third-order valence-electron chi connectivity index (χ3n) is 3.15. The number of anilines is 1. The summed E-state index contributed by atoms with van der Waals surface area (Å²) in [6.07, 6.45) is 1.64. The highest BCUT2D eigenvalue weighted by atomic mass is 35.5. The Labute approximate surface area is 142 Å². The molecule has 2 rings (SSSR count). The summed E-state index contributed by atoms with van der Waals surface area (Å²) in [4.78, 5) is 20.3. The summed E-state index contributed by atoms with van der Waals surface area (Å²) in [6, 6.07) is 3.72. The summed E-state index contributed by atoms with van der Waals surface area (Å²) in [6.45, 7) is 6.34. The molecule has 1 saturated heterocycles. The van der Waals surface area contributed by atoms with Crippen LogP contribution in [0.5, 0.6) is 0 Å². The molecule has 120 valence electrons. The number of carbonyl (C=O) groups is 1. The van der Waals surface area contributed by atoms with Gasteiger partial charge in [0.2, 0.25) is 5.91 Å². The van der Waals surface area contributed by atoms with E-state index in [0.29, 0.717) is 18.1 Å². The molecule has 5 nitrogen and oxygen atoms in total. The van der Waals surface area contributed by atoms with Gasteiger partial charge in [-0.05, 0) is 26.0 Å². The van der Waals surface area contributed by atoms with Crippen LogP contribution in [-0.2, 0) is 4.79 Å². The summed E-state index contributed by atoms with van der Waals surface area (Å²) < 4.78 is 0. The molecule has 1 aromatic rings. The summed E-state index contributed by atoms with van der Waals surface area (Å²) in [7, 11) is 0. The van der Waals surface area contributed by atoms with Crippen LogP contribution in [0.4, 0.5) is 5.82 Å². The Morgan fingerprint density at radius 3 is 2.24 bits per heavy atom. The predicted molar refractivity (Wildman–Crippen MR) is 90.8 cm³/mol. The minimum Gasteiger partial charge on any atom is -0.353 e. The molecule has 21 heavy (non-hydrogen) atoms. The zero-order valence-electron chi connectivity index (χ0n) is 12.1. The standard InChI is InChI=1S/C13H19ClN4O.2ClH/c1-13(2,15)12(19)18-7-5-17(6-8-18)11-4-3-10(14)9-16-11;;/h3-4,9H,5-8,15H2,1-2H3;2*1H. The number of nitrogens with two attached hydrogens (primary N) is 1. The number of nitrogens with zero attached hydrogens (tertiary/aromatic N) is 3. The molecule has 0 spiro atoms. The Balaban J connectivity index is 0.00000200. The zero-order valence-corrected chi connectivity index (χ0v) is 14.5. The Morgan fingerprint density at radius 2 is 1.81 bits per heavy atom. The molecule has 1 fully saturated rings. The fourth-order valence-electron chi connectivity index (χ4n) is 2.10. The number of piperazine rings is 1. The summed E-state index contributed by atoms with van der Waals surface area (Å²) in [5.74, 6) is 0.889. The van der Waals surface area contributed by atoms with Gasteiger partial charge in [0.15, 0.2) is 0 Å². The number of hydrogen-bond donors (Lipinski definition) is 1. The average molecular weight is 356 g/mol. The zero-order chi connectivity index (χ0) is 14.0. The molecule has 8 heteroatoms. The van der Waals surface area contributed by atoms with Crippen LogP contribution in [0.3, 0.4) is 0 Å². The minimum absolute atomic E-state index is 0. The molecule has 1 aliphatic rings. The van der Waals surface area contributed by atoms with Gasteiger partial charge in [0.05, 0.1) is 10.6 Å². The van der Waals surface area contributed by atoms with E-state index in [1.807, 2.05) is 17.0 Å². The fraction of sp³-hybridized carbons (Fsp3) is 0.538. The molecule has 0 saturated carbocycles. The van der Waals surface area contributed by atoms with Gasteiger partial charge < -0.3 is 15.5 Å². The lowest BCUT2D eigenvalue weighted by Crippen LogP contribution is -2.57. The van der Waals surface area contributed by atoms with Crippen molar-refractivity contribution < 1.29 is 4.79 Å². The molecule has 1 amide bonds. The first-order valence-electron chi connectivity index (χ1n) is 6.33. The number of rotatable bonds is 2. The smallest absolute Gasteiger partial charge is 0.242 e. The molecule has 0 atom stereocenters. The maximum absolute atomic E-state index is 12.1. The summed E-state index contributed by atoms with van der Waals surface area (Å²) >= 11 is 5.82. The number of aromatic nitrogens is 1. The molecule has 1 aromatic heterocycles. The van der Waals surface area contributed by atoms with Crippen molar-refractivity contribution in [2.24, 2.45) is 5.73 Å². The third kappa shape index (κ3) is 5.18. The first-order valence-corrected chi connectivity index (χ1v) is 6.70. The molecule has 0 aromatic carbocycles. The van der Waals surface area contributed by atoms with Crippen molar-refractivity contribution in [2.45, 2.75) is 19.4 Å². The second-order valence-electron chi connectivity index (χ2n) is 5.34. The van der Waals surface area contributed by atoms with Crippen LogP contribution in [-0.4, -0.2) is 47.5 Å². The molecule has 0 bridgehead atoms. The van der Waals surface area contributed by atoms with Gasteiger partial charge in [0.1, 0.15) is 5.82 Å². The number of halogens is 3. The van der Waals surface area contributed by atoms with Gasteiger partial charge in [-0.15, -0.1) is 24.8 Å². The Morgan fingerprint density at radius 1 is 1.24 bits per heavy atom. The van der Waals surface area contributed by atoms with E-state index in [1.54, 1.807) is 20.0 Å². The van der Waals surface area contributed by atoms with Gasteiger partial charge in [-0.1, -0.05) is 11.6 Å². The average Bonchev–Trinajstić information content (AvgIpc) is 2.38. The lowest BCUT2D eigenvalue weighted by Gasteiger charge is -2.38. The van der Waals surface area contributed by atoms with Crippen molar-refractivity contribution in [1.82, 2.24) is 9.88 Å². The van der Waals surface area contributed by atoms with Gasteiger partial charge in [-0.2, -0.15) is 0 Å². The van der Waals surface area contributed by atoms with Crippen molar-refractivity contribution in [3.8, 4) is 0 Å². The number of carbonyl (C=O) groups excluding carboxylic acids is 1. The Bertz CT molecular complexity index is 453. The summed E-state index contributed by atoms with van der Waals surface area (Å²) in [5, 5.41) is 0.627. The molecule has 2 N–H and O–H groups in total. The number of pyridine rings is 1. The maximum Gasteiger partial charge on any atom is 0.242 e. The molecule has 0 radical (unpaired) electrons. The second-order valence-corrected chi connectivity index (χ2v) is 5.77. The molecule has 2 heterocycles. The van der Waals surface area contributed by atoms with Gasteiger partial charge in [-0.3, -0.25) is 4.79 Å². The SMILES string of the molecule is CC(C)(N)C(=O)N1CCN(c2ccc(Cl)cn2)CC1.Cl.Cl. The van der Waals surface area contributed by atoms with E-state index in [2.05, 4.69) is 9.88 Å². The van der Waals surface area contributed by atoms with E-state index >= 15 is 0 Å². The van der Waals surface area contributed by atoms with Crippen molar-refractivity contribution in [3.63, 3.8) is 0 Å². The van der Waals surface area contributed by atoms with E-state index in [1.165, 1.54) is 0 Å². The molecular weight excluding hydrogens is 335 g/mol. The van der Waals surface area contributed by atoms with Crippen molar-refractivity contribution in [3.05, 3.63) is 23.4 Å². The van der Waals surface area contributed by atoms with Gasteiger partial charge in [0, 0.05) is 32.4 Å². The molecular formula is C13H21Cl3N4O. The van der Waals surface area contributed by atoms with E-state index in [0.717, 1.165) is 18.9 Å². The quantitative estimate of drug-likeness (QED) is 0.881. The highest BCUT2D eigenvalue weighted by molar-refractivity contribution is 6.30. The van der Waals surface area contributed by atoms with Crippen LogP contribution >= 0.6 is 36.4 Å². The Kier molecular flexibility index (Phi) is 7.75. The highest BCUT2D eigenvalue weighted by Gasteiger charge is 2.30. The lowest BCUT2D eigenvalue weighted by molar-refractivity contribution is -0.136. The van der Waals surface area contributed by atoms with Crippen molar-refractivity contribution >= 4 is 48.1 Å². The third-order valence-corrected chi connectivity index (χ3v) is 3.38. The van der Waals surface area contributed by atoms with E-state index < -0.39 is 5.54 Å². The van der Waals surface area contributed by atoms with Crippen LogP contribution in [0, 0.1) is 0 Å².